The van der Waals surface area contributed by atoms with Crippen LogP contribution in [-0.4, -0.2) is 50.7 Å². The van der Waals surface area contributed by atoms with Crippen molar-refractivity contribution in [3.8, 4) is 40.2 Å². The van der Waals surface area contributed by atoms with Gasteiger partial charge in [-0.2, -0.15) is 15.0 Å². The first kappa shape index (κ1) is 13.4. The van der Waals surface area contributed by atoms with Crippen molar-refractivity contribution in [1.82, 2.24) is 50.7 Å². The van der Waals surface area contributed by atoms with Crippen LogP contribution >= 0.6 is 0 Å². The Hall–Kier alpha value is -4.09. The first-order valence-corrected chi connectivity index (χ1v) is 7.09. The molecule has 12 heteroatoms. The normalized spacial score (nSPS) is 11.2. The average Bonchev–Trinajstić information content (AvgIpc) is 3.48. The molecule has 0 saturated heterocycles. The van der Waals surface area contributed by atoms with E-state index in [9.17, 15) is 0 Å². The number of oxazole rings is 1. The topological polar surface area (TPSA) is 153 Å². The lowest BCUT2D eigenvalue weighted by Gasteiger charge is -2.00. The van der Waals surface area contributed by atoms with E-state index in [1.807, 2.05) is 12.1 Å². The fraction of sp³-hybridized carbons (Fsp3) is 0. The maximum atomic E-state index is 5.48. The Balaban J connectivity index is 1.88. The number of tetrazole rings is 1. The van der Waals surface area contributed by atoms with Crippen LogP contribution in [0.25, 0.3) is 40.2 Å². The molecule has 0 spiro atoms. The SMILES string of the molecule is c1c[nH]c(-c2nn(-c3nn[nH]n3)c(-c3ncco3)c2-c2conn2)c1. The molecule has 12 nitrogen and oxygen atoms in total. The zero-order chi connectivity index (χ0) is 16.6. The summed E-state index contributed by atoms with van der Waals surface area (Å²) in [7, 11) is 0. The van der Waals surface area contributed by atoms with Gasteiger partial charge in [-0.1, -0.05) is 5.10 Å². The molecule has 0 atom stereocenters. The number of aromatic nitrogens is 10. The van der Waals surface area contributed by atoms with Gasteiger partial charge in [-0.25, -0.2) is 4.98 Å². The summed E-state index contributed by atoms with van der Waals surface area (Å²) in [5, 5.41) is 26.1. The molecule has 0 unspecified atom stereocenters. The molecule has 0 aliphatic rings. The Kier molecular flexibility index (Phi) is 2.79. The van der Waals surface area contributed by atoms with Gasteiger partial charge in [-0.15, -0.1) is 10.2 Å². The summed E-state index contributed by atoms with van der Waals surface area (Å²) in [5.74, 6) is 0.539. The molecular formula is C13H8N10O2. The molecule has 0 amide bonds. The van der Waals surface area contributed by atoms with E-state index >= 15 is 0 Å². The van der Waals surface area contributed by atoms with Gasteiger partial charge in [0.05, 0.1) is 17.5 Å². The smallest absolute Gasteiger partial charge is 0.290 e. The third-order valence-corrected chi connectivity index (χ3v) is 3.51. The van der Waals surface area contributed by atoms with E-state index in [0.29, 0.717) is 28.5 Å². The van der Waals surface area contributed by atoms with Crippen LogP contribution in [0.4, 0.5) is 0 Å². The second-order valence-electron chi connectivity index (χ2n) is 4.91. The number of hydrogen-bond acceptors (Lipinski definition) is 9. The molecule has 0 fully saturated rings. The Bertz CT molecular complexity index is 988. The van der Waals surface area contributed by atoms with Gasteiger partial charge >= 0.3 is 0 Å². The standard InChI is InChI=1S/C13H8N10O2/c1-2-7(14-3-1)10-9(8-6-25-22-16-8)11(12-15-4-5-24-12)23(19-10)13-17-20-21-18-13/h1-6,14H,(H,17,18,20,21). The zero-order valence-electron chi connectivity index (χ0n) is 12.4. The molecule has 0 aliphatic heterocycles. The predicted octanol–water partition coefficient (Wildman–Crippen LogP) is 1.09. The summed E-state index contributed by atoms with van der Waals surface area (Å²) in [6.07, 6.45) is 6.19. The van der Waals surface area contributed by atoms with Crippen LogP contribution in [0.3, 0.4) is 0 Å². The van der Waals surface area contributed by atoms with Crippen LogP contribution in [0.2, 0.25) is 0 Å². The van der Waals surface area contributed by atoms with E-state index in [2.05, 4.69) is 46.1 Å². The Labute approximate surface area is 137 Å². The fourth-order valence-electron chi connectivity index (χ4n) is 2.53. The number of H-pyrrole nitrogens is 2. The van der Waals surface area contributed by atoms with Crippen molar-refractivity contribution in [2.75, 3.05) is 0 Å². The van der Waals surface area contributed by atoms with E-state index < -0.39 is 0 Å². The molecule has 0 saturated carbocycles. The molecule has 5 aromatic heterocycles. The highest BCUT2D eigenvalue weighted by molar-refractivity contribution is 5.87. The van der Waals surface area contributed by atoms with Crippen molar-refractivity contribution >= 4 is 0 Å². The van der Waals surface area contributed by atoms with Gasteiger partial charge in [-0.3, -0.25) is 0 Å². The molecule has 5 heterocycles. The molecule has 0 aliphatic carbocycles. The second-order valence-corrected chi connectivity index (χ2v) is 4.91. The van der Waals surface area contributed by atoms with Crippen LogP contribution in [0.1, 0.15) is 0 Å². The minimum absolute atomic E-state index is 0.226. The summed E-state index contributed by atoms with van der Waals surface area (Å²) in [5.41, 5.74) is 2.90. The van der Waals surface area contributed by atoms with Crippen LogP contribution in [0.5, 0.6) is 0 Å². The summed E-state index contributed by atoms with van der Waals surface area (Å²) in [6, 6.07) is 3.73. The van der Waals surface area contributed by atoms with Crippen LogP contribution in [0.15, 0.2) is 46.0 Å². The van der Waals surface area contributed by atoms with Gasteiger partial charge in [0.1, 0.15) is 23.3 Å². The minimum atomic E-state index is 0.226. The lowest BCUT2D eigenvalue weighted by Crippen LogP contribution is -2.02. The fourth-order valence-corrected chi connectivity index (χ4v) is 2.53. The van der Waals surface area contributed by atoms with Crippen molar-refractivity contribution in [1.29, 1.82) is 0 Å². The van der Waals surface area contributed by atoms with Crippen molar-refractivity contribution in [2.24, 2.45) is 0 Å². The molecule has 2 N–H and O–H groups in total. The third-order valence-electron chi connectivity index (χ3n) is 3.51. The first-order chi connectivity index (χ1) is 12.4. The Morgan fingerprint density at radius 1 is 1.20 bits per heavy atom. The maximum absolute atomic E-state index is 5.48. The van der Waals surface area contributed by atoms with Crippen molar-refractivity contribution in [2.45, 2.75) is 0 Å². The molecule has 5 aromatic rings. The van der Waals surface area contributed by atoms with E-state index in [-0.39, 0.29) is 5.95 Å². The maximum Gasteiger partial charge on any atom is 0.290 e. The van der Waals surface area contributed by atoms with Crippen molar-refractivity contribution in [3.63, 3.8) is 0 Å². The third kappa shape index (κ3) is 2.04. The monoisotopic (exact) mass is 336 g/mol. The average molecular weight is 336 g/mol. The van der Waals surface area contributed by atoms with Crippen LogP contribution < -0.4 is 0 Å². The summed E-state index contributed by atoms with van der Waals surface area (Å²) < 4.78 is 11.9. The van der Waals surface area contributed by atoms with Gasteiger partial charge < -0.3 is 13.9 Å². The lowest BCUT2D eigenvalue weighted by atomic mass is 10.1. The molecule has 0 radical (unpaired) electrons. The largest absolute Gasteiger partial charge is 0.443 e. The quantitative estimate of drug-likeness (QED) is 0.490. The highest BCUT2D eigenvalue weighted by atomic mass is 16.5. The van der Waals surface area contributed by atoms with Gasteiger partial charge in [0.25, 0.3) is 5.95 Å². The molecular weight excluding hydrogens is 328 g/mol. The van der Waals surface area contributed by atoms with E-state index in [0.717, 1.165) is 5.69 Å². The Morgan fingerprint density at radius 2 is 2.20 bits per heavy atom. The zero-order valence-corrected chi connectivity index (χ0v) is 12.4. The number of nitrogens with one attached hydrogen (secondary N) is 2. The summed E-state index contributed by atoms with van der Waals surface area (Å²) >= 11 is 0. The minimum Gasteiger partial charge on any atom is -0.443 e. The molecule has 25 heavy (non-hydrogen) atoms. The predicted molar refractivity (Wildman–Crippen MR) is 79.9 cm³/mol. The first-order valence-electron chi connectivity index (χ1n) is 7.09. The van der Waals surface area contributed by atoms with Crippen molar-refractivity contribution in [3.05, 3.63) is 37.1 Å². The molecule has 5 rings (SSSR count). The van der Waals surface area contributed by atoms with Crippen molar-refractivity contribution < 1.29 is 8.94 Å². The molecule has 0 aromatic carbocycles. The highest BCUT2D eigenvalue weighted by Gasteiger charge is 2.29. The highest BCUT2D eigenvalue weighted by Crippen LogP contribution is 2.38. The second kappa shape index (κ2) is 5.23. The molecule has 0 bridgehead atoms. The number of nitrogens with zero attached hydrogens (tertiary/aromatic N) is 8. The summed E-state index contributed by atoms with van der Waals surface area (Å²) in [6.45, 7) is 0. The number of hydrogen-bond donors (Lipinski definition) is 2. The van der Waals surface area contributed by atoms with Gasteiger partial charge in [0.2, 0.25) is 5.89 Å². The van der Waals surface area contributed by atoms with Crippen LogP contribution in [-0.2, 0) is 0 Å². The van der Waals surface area contributed by atoms with E-state index in [4.69, 9.17) is 8.94 Å². The molecule has 122 valence electrons. The lowest BCUT2D eigenvalue weighted by molar-refractivity contribution is 0.393. The van der Waals surface area contributed by atoms with E-state index in [1.54, 1.807) is 6.20 Å². The number of rotatable bonds is 4. The Morgan fingerprint density at radius 3 is 2.88 bits per heavy atom. The van der Waals surface area contributed by atoms with Crippen LogP contribution in [0, 0.1) is 0 Å². The van der Waals surface area contributed by atoms with Gasteiger partial charge in [-0.05, 0) is 17.3 Å². The number of aromatic amines is 2. The van der Waals surface area contributed by atoms with Gasteiger partial charge in [0.15, 0.2) is 6.26 Å². The van der Waals surface area contributed by atoms with E-state index in [1.165, 1.54) is 23.4 Å². The van der Waals surface area contributed by atoms with Gasteiger partial charge in [0, 0.05) is 11.5 Å². The summed E-state index contributed by atoms with van der Waals surface area (Å²) in [4.78, 5) is 7.34.